The summed E-state index contributed by atoms with van der Waals surface area (Å²) in [5.41, 5.74) is 0.583. The van der Waals surface area contributed by atoms with Gasteiger partial charge in [0.15, 0.2) is 5.82 Å². The largest absolute Gasteiger partial charge is 0.489 e. The lowest BCUT2D eigenvalue weighted by atomic mass is 9.99. The van der Waals surface area contributed by atoms with Crippen molar-refractivity contribution in [1.82, 2.24) is 19.7 Å². The normalized spacial score (nSPS) is 15.4. The Morgan fingerprint density at radius 3 is 2.55 bits per heavy atom. The van der Waals surface area contributed by atoms with E-state index in [1.54, 1.807) is 40.0 Å². The van der Waals surface area contributed by atoms with Crippen LogP contribution in [0.3, 0.4) is 0 Å². The molecule has 2 heterocycles. The third-order valence-electron chi connectivity index (χ3n) is 5.22. The predicted octanol–water partition coefficient (Wildman–Crippen LogP) is 4.48. The molecule has 33 heavy (non-hydrogen) atoms. The molecule has 0 atom stereocenters. The van der Waals surface area contributed by atoms with Gasteiger partial charge in [-0.25, -0.2) is 14.2 Å². The van der Waals surface area contributed by atoms with Crippen LogP contribution in [0.4, 0.5) is 9.18 Å². The Kier molecular flexibility index (Phi) is 8.07. The number of amides is 1. The van der Waals surface area contributed by atoms with Crippen LogP contribution in [0, 0.1) is 0 Å². The van der Waals surface area contributed by atoms with Crippen molar-refractivity contribution in [3.63, 3.8) is 0 Å². The molecule has 1 aromatic carbocycles. The summed E-state index contributed by atoms with van der Waals surface area (Å²) in [4.78, 5) is 18.1. The lowest BCUT2D eigenvalue weighted by Gasteiger charge is -2.25. The molecule has 0 N–H and O–H groups in total. The van der Waals surface area contributed by atoms with Crippen molar-refractivity contribution in [3.05, 3.63) is 42.0 Å². The van der Waals surface area contributed by atoms with Crippen LogP contribution in [0.5, 0.6) is 5.75 Å². The minimum Gasteiger partial charge on any atom is -0.489 e. The highest BCUT2D eigenvalue weighted by Gasteiger charge is 2.22. The molecule has 2 aromatic rings. The quantitative estimate of drug-likeness (QED) is 0.606. The standard InChI is InChI=1S/C24H33FN4O4/c1-24(2,3)33-23(30)28(4)15-17(14-25)16-32-20-8-6-18(7-9-20)21-26-22(29(5)27-21)19-10-12-31-13-11-19/h6-9,14,19H,10-13,15-16H2,1-5H3/b17-14+. The second-order valence-corrected chi connectivity index (χ2v) is 9.22. The molecule has 1 fully saturated rings. The number of carbonyl (C=O) groups is 1. The lowest BCUT2D eigenvalue weighted by molar-refractivity contribution is 0.0310. The summed E-state index contributed by atoms with van der Waals surface area (Å²) in [6.45, 7) is 6.93. The van der Waals surface area contributed by atoms with Gasteiger partial charge in [-0.05, 0) is 57.9 Å². The number of rotatable bonds is 7. The molecule has 0 saturated carbocycles. The first-order valence-corrected chi connectivity index (χ1v) is 11.1. The molecular weight excluding hydrogens is 427 g/mol. The van der Waals surface area contributed by atoms with Crippen LogP contribution in [0.15, 0.2) is 36.2 Å². The second-order valence-electron chi connectivity index (χ2n) is 9.22. The summed E-state index contributed by atoms with van der Waals surface area (Å²) < 4.78 is 31.6. The third-order valence-corrected chi connectivity index (χ3v) is 5.22. The van der Waals surface area contributed by atoms with Crippen molar-refractivity contribution in [3.8, 4) is 17.1 Å². The topological polar surface area (TPSA) is 78.7 Å². The van der Waals surface area contributed by atoms with Crippen LogP contribution in [-0.2, 0) is 16.5 Å². The zero-order valence-electron chi connectivity index (χ0n) is 20.0. The Bertz CT molecular complexity index is 960. The van der Waals surface area contributed by atoms with E-state index in [0.717, 1.165) is 37.4 Å². The molecule has 180 valence electrons. The Labute approximate surface area is 194 Å². The van der Waals surface area contributed by atoms with Gasteiger partial charge in [0, 0.05) is 44.4 Å². The van der Waals surface area contributed by atoms with E-state index in [4.69, 9.17) is 19.2 Å². The number of aromatic nitrogens is 3. The fourth-order valence-corrected chi connectivity index (χ4v) is 3.53. The van der Waals surface area contributed by atoms with Crippen LogP contribution < -0.4 is 4.74 Å². The zero-order chi connectivity index (χ0) is 24.0. The highest BCUT2D eigenvalue weighted by Crippen LogP contribution is 2.28. The first kappa shape index (κ1) is 24.7. The Morgan fingerprint density at radius 2 is 1.94 bits per heavy atom. The average molecular weight is 461 g/mol. The van der Waals surface area contributed by atoms with Crippen molar-refractivity contribution in [2.45, 2.75) is 45.1 Å². The van der Waals surface area contributed by atoms with Crippen LogP contribution in [0.2, 0.25) is 0 Å². The van der Waals surface area contributed by atoms with Crippen LogP contribution in [0.25, 0.3) is 11.4 Å². The maximum atomic E-state index is 13.4. The predicted molar refractivity (Wildman–Crippen MR) is 123 cm³/mol. The summed E-state index contributed by atoms with van der Waals surface area (Å²) in [6, 6.07) is 7.36. The first-order chi connectivity index (χ1) is 15.7. The second kappa shape index (κ2) is 10.8. The fraction of sp³-hybridized carbons (Fsp3) is 0.542. The fourth-order valence-electron chi connectivity index (χ4n) is 3.53. The highest BCUT2D eigenvalue weighted by molar-refractivity contribution is 5.68. The Balaban J connectivity index is 1.56. The van der Waals surface area contributed by atoms with Gasteiger partial charge in [-0.15, -0.1) is 0 Å². The number of nitrogens with zero attached hydrogens (tertiary/aromatic N) is 4. The molecule has 9 heteroatoms. The number of aryl methyl sites for hydroxylation is 1. The molecule has 0 bridgehead atoms. The molecule has 1 aromatic heterocycles. The van der Waals surface area contributed by atoms with E-state index in [9.17, 15) is 9.18 Å². The van der Waals surface area contributed by atoms with Crippen molar-refractivity contribution in [2.24, 2.45) is 7.05 Å². The Morgan fingerprint density at radius 1 is 1.27 bits per heavy atom. The molecule has 3 rings (SSSR count). The zero-order valence-corrected chi connectivity index (χ0v) is 20.0. The van der Waals surface area contributed by atoms with E-state index < -0.39 is 11.7 Å². The van der Waals surface area contributed by atoms with E-state index in [1.807, 2.05) is 23.9 Å². The van der Waals surface area contributed by atoms with Crippen LogP contribution in [0.1, 0.15) is 45.4 Å². The van der Waals surface area contributed by atoms with Gasteiger partial charge in [-0.3, -0.25) is 4.68 Å². The van der Waals surface area contributed by atoms with Crippen molar-refractivity contribution in [1.29, 1.82) is 0 Å². The van der Waals surface area contributed by atoms with Crippen LogP contribution in [-0.4, -0.2) is 64.8 Å². The molecule has 8 nitrogen and oxygen atoms in total. The van der Waals surface area contributed by atoms with Crippen molar-refractivity contribution >= 4 is 6.09 Å². The molecule has 0 aliphatic carbocycles. The number of ether oxygens (including phenoxy) is 3. The van der Waals surface area contributed by atoms with Gasteiger partial charge in [0.1, 0.15) is 23.8 Å². The number of hydrogen-bond donors (Lipinski definition) is 0. The maximum Gasteiger partial charge on any atom is 0.410 e. The summed E-state index contributed by atoms with van der Waals surface area (Å²) in [6.07, 6.45) is 1.85. The number of likely N-dealkylation sites (N-methyl/N-ethyl adjacent to an activating group) is 1. The number of carbonyl (C=O) groups excluding carboxylic acids is 1. The Hall–Kier alpha value is -2.94. The molecule has 1 amide bonds. The van der Waals surface area contributed by atoms with Gasteiger partial charge in [0.25, 0.3) is 0 Å². The lowest BCUT2D eigenvalue weighted by Crippen LogP contribution is -2.35. The molecule has 1 aliphatic heterocycles. The molecule has 0 radical (unpaired) electrons. The van der Waals surface area contributed by atoms with Gasteiger partial charge >= 0.3 is 6.09 Å². The monoisotopic (exact) mass is 460 g/mol. The van der Waals surface area contributed by atoms with Gasteiger partial charge in [0.05, 0.1) is 12.9 Å². The van der Waals surface area contributed by atoms with E-state index in [0.29, 0.717) is 29.4 Å². The summed E-state index contributed by atoms with van der Waals surface area (Å²) in [5, 5.41) is 4.56. The number of halogens is 1. The first-order valence-electron chi connectivity index (χ1n) is 11.1. The van der Waals surface area contributed by atoms with Crippen molar-refractivity contribution < 1.29 is 23.4 Å². The van der Waals surface area contributed by atoms with Gasteiger partial charge in [0.2, 0.25) is 0 Å². The van der Waals surface area contributed by atoms with E-state index in [2.05, 4.69) is 5.10 Å². The summed E-state index contributed by atoms with van der Waals surface area (Å²) >= 11 is 0. The summed E-state index contributed by atoms with van der Waals surface area (Å²) in [5.74, 6) is 2.57. The highest BCUT2D eigenvalue weighted by atomic mass is 19.1. The third kappa shape index (κ3) is 7.02. The summed E-state index contributed by atoms with van der Waals surface area (Å²) in [7, 11) is 3.47. The van der Waals surface area contributed by atoms with E-state index in [-0.39, 0.29) is 13.2 Å². The molecular formula is C24H33FN4O4. The minimum absolute atomic E-state index is 0.0126. The number of benzene rings is 1. The molecule has 0 spiro atoms. The van der Waals surface area contributed by atoms with Gasteiger partial charge in [-0.2, -0.15) is 5.10 Å². The smallest absolute Gasteiger partial charge is 0.410 e. The van der Waals surface area contributed by atoms with Gasteiger partial charge < -0.3 is 19.1 Å². The minimum atomic E-state index is -0.614. The SMILES string of the molecule is CN(C/C(=C\F)COc1ccc(-c2nc(C3CCOCC3)n(C)n2)cc1)C(=O)OC(C)(C)C. The van der Waals surface area contributed by atoms with Crippen LogP contribution >= 0.6 is 0 Å². The number of hydrogen-bond acceptors (Lipinski definition) is 6. The molecule has 1 saturated heterocycles. The van der Waals surface area contributed by atoms with Crippen molar-refractivity contribution in [2.75, 3.05) is 33.4 Å². The van der Waals surface area contributed by atoms with Gasteiger partial charge in [-0.1, -0.05) is 0 Å². The van der Waals surface area contributed by atoms with E-state index in [1.165, 1.54) is 4.90 Å². The molecule has 0 unspecified atom stereocenters. The average Bonchev–Trinajstić information content (AvgIpc) is 3.17. The van der Waals surface area contributed by atoms with E-state index >= 15 is 0 Å². The molecule has 1 aliphatic rings. The maximum absolute atomic E-state index is 13.4.